The third kappa shape index (κ3) is 6.92. The minimum atomic E-state index is -4.79. The lowest BCUT2D eigenvalue weighted by molar-refractivity contribution is -0.182. The van der Waals surface area contributed by atoms with Crippen LogP contribution in [0.15, 0.2) is 65.1 Å². The Labute approximate surface area is 254 Å². The molecule has 0 saturated heterocycles. The Morgan fingerprint density at radius 1 is 0.956 bits per heavy atom. The Kier molecular flexibility index (Phi) is 8.97. The van der Waals surface area contributed by atoms with Crippen LogP contribution in [0.2, 0.25) is 0 Å². The Morgan fingerprint density at radius 2 is 1.60 bits per heavy atom. The van der Waals surface area contributed by atoms with E-state index < -0.39 is 52.3 Å². The Balaban J connectivity index is 2.02. The zero-order valence-electron chi connectivity index (χ0n) is 24.2. The molecule has 0 saturated carbocycles. The average Bonchev–Trinajstić information content (AvgIpc) is 3.32. The first kappa shape index (κ1) is 33.4. The van der Waals surface area contributed by atoms with Gasteiger partial charge in [-0.25, -0.2) is 21.6 Å². The van der Waals surface area contributed by atoms with Crippen molar-refractivity contribution < 1.29 is 48.8 Å². The van der Waals surface area contributed by atoms with E-state index in [-0.39, 0.29) is 50.2 Å². The summed E-state index contributed by atoms with van der Waals surface area (Å²) in [6, 6.07) is 12.4. The summed E-state index contributed by atoms with van der Waals surface area (Å²) in [6.45, 7) is 0.269. The summed E-state index contributed by atoms with van der Waals surface area (Å²) >= 11 is 0. The van der Waals surface area contributed by atoms with Crippen LogP contribution in [0.25, 0.3) is 33.4 Å². The molecule has 0 aliphatic carbocycles. The van der Waals surface area contributed by atoms with Crippen molar-refractivity contribution >= 4 is 38.5 Å². The molecule has 0 unspecified atom stereocenters. The second-order valence-corrected chi connectivity index (χ2v) is 12.5. The van der Waals surface area contributed by atoms with E-state index in [1.807, 2.05) is 5.32 Å². The quantitative estimate of drug-likeness (QED) is 0.204. The molecule has 0 bridgehead atoms. The second-order valence-electron chi connectivity index (χ2n) is 10.6. The number of nitrogens with one attached hydrogen (secondary N) is 2. The molecule has 240 valence electrons. The summed E-state index contributed by atoms with van der Waals surface area (Å²) in [7, 11) is -3.04. The van der Waals surface area contributed by atoms with Gasteiger partial charge in [-0.15, -0.1) is 0 Å². The van der Waals surface area contributed by atoms with Crippen molar-refractivity contribution in [3.8, 4) is 22.5 Å². The van der Waals surface area contributed by atoms with Gasteiger partial charge in [0, 0.05) is 35.2 Å². The zero-order chi connectivity index (χ0) is 33.5. The minimum Gasteiger partial charge on any atom is -0.455 e. The number of carbonyl (C=O) groups is 2. The average molecular weight is 656 g/mol. The van der Waals surface area contributed by atoms with Crippen molar-refractivity contribution in [1.29, 1.82) is 0 Å². The Morgan fingerprint density at radius 3 is 2.16 bits per heavy atom. The number of nitrogens with zero attached hydrogens (tertiary/aromatic N) is 1. The molecule has 4 rings (SSSR count). The molecule has 0 spiro atoms. The normalized spacial score (nSPS) is 12.4. The van der Waals surface area contributed by atoms with Crippen molar-refractivity contribution in [2.75, 3.05) is 24.2 Å². The molecule has 0 fully saturated rings. The summed E-state index contributed by atoms with van der Waals surface area (Å²) in [6.07, 6.45) is -7.21. The monoisotopic (exact) mass is 655 g/mol. The number of carbonyl (C=O) groups excluding carboxylic acids is 2. The van der Waals surface area contributed by atoms with Gasteiger partial charge in [0.05, 0.1) is 24.1 Å². The molecule has 2 N–H and O–H groups in total. The number of amides is 2. The third-order valence-electron chi connectivity index (χ3n) is 6.91. The number of hydrogen-bond acceptors (Lipinski definition) is 5. The first-order chi connectivity index (χ1) is 20.8. The largest absolute Gasteiger partial charge is 0.455 e. The highest BCUT2D eigenvalue weighted by atomic mass is 32.2. The van der Waals surface area contributed by atoms with Gasteiger partial charge < -0.3 is 15.1 Å². The van der Waals surface area contributed by atoms with E-state index >= 15 is 0 Å². The van der Waals surface area contributed by atoms with Crippen molar-refractivity contribution in [1.82, 2.24) is 10.6 Å². The molecule has 0 aliphatic rings. The van der Waals surface area contributed by atoms with Crippen LogP contribution in [0.3, 0.4) is 0 Å². The number of anilines is 1. The van der Waals surface area contributed by atoms with E-state index in [4.69, 9.17) is 4.42 Å². The van der Waals surface area contributed by atoms with E-state index in [1.165, 1.54) is 43.4 Å². The highest BCUT2D eigenvalue weighted by Crippen LogP contribution is 2.42. The number of furan rings is 1. The van der Waals surface area contributed by atoms with Crippen LogP contribution in [0.4, 0.5) is 32.0 Å². The van der Waals surface area contributed by atoms with E-state index in [2.05, 4.69) is 5.32 Å². The highest BCUT2D eigenvalue weighted by Gasteiger charge is 2.48. The third-order valence-corrected chi connectivity index (χ3v) is 8.06. The smallest absolute Gasteiger partial charge is 0.410 e. The Bertz CT molecular complexity index is 1870. The topological polar surface area (TPSA) is 109 Å². The molecule has 2 amide bonds. The number of hydrogen-bond donors (Lipinski definition) is 2. The SMILES string of the molecule is CNC(=O)c1c(-c2ccc(F)cc2)oc2cc(N(CC(F)F)S(C)(=O)=O)c(-c3cccc(C(=O)NC(C)(C)C(F)(F)F)c3)cc12. The number of fused-ring (bicyclic) bond motifs is 1. The molecule has 8 nitrogen and oxygen atoms in total. The molecule has 15 heteroatoms. The van der Waals surface area contributed by atoms with Gasteiger partial charge in [-0.2, -0.15) is 13.2 Å². The minimum absolute atomic E-state index is 0.0327. The first-order valence-electron chi connectivity index (χ1n) is 13.2. The molecule has 0 aliphatic heterocycles. The molecule has 1 aromatic heterocycles. The summed E-state index contributed by atoms with van der Waals surface area (Å²) < 4.78 is 113. The maximum absolute atomic E-state index is 13.7. The molecule has 45 heavy (non-hydrogen) atoms. The summed E-state index contributed by atoms with van der Waals surface area (Å²) in [4.78, 5) is 26.0. The van der Waals surface area contributed by atoms with Crippen molar-refractivity contribution in [2.45, 2.75) is 32.0 Å². The van der Waals surface area contributed by atoms with Crippen molar-refractivity contribution in [2.24, 2.45) is 0 Å². The summed E-state index contributed by atoms with van der Waals surface area (Å²) in [5.41, 5.74) is -3.04. The lowest BCUT2D eigenvalue weighted by Crippen LogP contribution is -2.54. The van der Waals surface area contributed by atoms with Gasteiger partial charge in [0.25, 0.3) is 18.2 Å². The van der Waals surface area contributed by atoms with Crippen molar-refractivity contribution in [3.05, 3.63) is 77.6 Å². The van der Waals surface area contributed by atoms with Gasteiger partial charge >= 0.3 is 6.18 Å². The molecular weight excluding hydrogens is 628 g/mol. The van der Waals surface area contributed by atoms with E-state index in [9.17, 15) is 44.3 Å². The number of benzene rings is 3. The first-order valence-corrected chi connectivity index (χ1v) is 15.0. The second kappa shape index (κ2) is 12.1. The zero-order valence-corrected chi connectivity index (χ0v) is 25.0. The predicted octanol–water partition coefficient (Wildman–Crippen LogP) is 6.37. The standard InChI is InChI=1S/C30H27F6N3O5S/c1-29(2,30(34,35)36)38-27(40)18-7-5-6-17(12-18)20-13-21-23(14-22(20)39(15-24(32)33)45(4,42)43)44-26(25(21)28(41)37-3)16-8-10-19(31)11-9-16/h5-14,24H,15H2,1-4H3,(H,37,41)(H,38,40). The van der Waals surface area contributed by atoms with Gasteiger partial charge in [0.15, 0.2) is 0 Å². The fraction of sp³-hybridized carbons (Fsp3) is 0.267. The van der Waals surface area contributed by atoms with E-state index in [1.54, 1.807) is 0 Å². The van der Waals surface area contributed by atoms with E-state index in [0.717, 1.165) is 38.1 Å². The summed E-state index contributed by atoms with van der Waals surface area (Å²) in [5.74, 6) is -2.36. The van der Waals surface area contributed by atoms with Crippen LogP contribution in [0.5, 0.6) is 0 Å². The maximum Gasteiger partial charge on any atom is 0.410 e. The maximum atomic E-state index is 13.7. The van der Waals surface area contributed by atoms with Crippen LogP contribution in [-0.2, 0) is 10.0 Å². The van der Waals surface area contributed by atoms with Gasteiger partial charge in [0.1, 0.15) is 22.7 Å². The number of alkyl halides is 5. The van der Waals surface area contributed by atoms with E-state index in [0.29, 0.717) is 10.6 Å². The van der Waals surface area contributed by atoms with Crippen LogP contribution >= 0.6 is 0 Å². The van der Waals surface area contributed by atoms with Crippen molar-refractivity contribution in [3.63, 3.8) is 0 Å². The van der Waals surface area contributed by atoms with Crippen LogP contribution in [0, 0.1) is 5.82 Å². The summed E-state index contributed by atoms with van der Waals surface area (Å²) in [5, 5.41) is 4.47. The van der Waals surface area contributed by atoms with Gasteiger partial charge in [0.2, 0.25) is 10.0 Å². The molecule has 0 atom stereocenters. The Hall–Kier alpha value is -4.53. The van der Waals surface area contributed by atoms with Crippen LogP contribution < -0.4 is 14.9 Å². The number of halogens is 6. The highest BCUT2D eigenvalue weighted by molar-refractivity contribution is 7.92. The lowest BCUT2D eigenvalue weighted by atomic mass is 9.96. The van der Waals surface area contributed by atoms with Gasteiger partial charge in [-0.1, -0.05) is 12.1 Å². The fourth-order valence-electron chi connectivity index (χ4n) is 4.52. The molecular formula is C30H27F6N3O5S. The predicted molar refractivity (Wildman–Crippen MR) is 156 cm³/mol. The van der Waals surface area contributed by atoms with Gasteiger partial charge in [-0.3, -0.25) is 13.9 Å². The van der Waals surface area contributed by atoms with Crippen LogP contribution in [-0.4, -0.2) is 58.2 Å². The molecule has 0 radical (unpaired) electrons. The lowest BCUT2D eigenvalue weighted by Gasteiger charge is -2.29. The van der Waals surface area contributed by atoms with Crippen LogP contribution in [0.1, 0.15) is 34.6 Å². The van der Waals surface area contributed by atoms with Gasteiger partial charge in [-0.05, 0) is 61.9 Å². The fourth-order valence-corrected chi connectivity index (χ4v) is 5.41. The number of sulfonamides is 1. The molecule has 3 aromatic carbocycles. The number of rotatable bonds is 9. The molecule has 1 heterocycles. The molecule has 4 aromatic rings.